The number of carboxylic acids is 2. The summed E-state index contributed by atoms with van der Waals surface area (Å²) in [7, 11) is 0. The van der Waals surface area contributed by atoms with Gasteiger partial charge in [-0.05, 0) is 43.5 Å². The molecule has 0 unspecified atom stereocenters. The highest BCUT2D eigenvalue weighted by Gasteiger charge is 2.48. The van der Waals surface area contributed by atoms with E-state index in [4.69, 9.17) is 24.5 Å². The number of fused-ring (bicyclic) bond motifs is 1. The first-order chi connectivity index (χ1) is 18.7. The van der Waals surface area contributed by atoms with E-state index < -0.39 is 24.3 Å². The summed E-state index contributed by atoms with van der Waals surface area (Å²) in [5.74, 6) is -4.56. The molecule has 220 valence electrons. The van der Waals surface area contributed by atoms with Crippen molar-refractivity contribution in [3.8, 4) is 0 Å². The van der Waals surface area contributed by atoms with Crippen molar-refractivity contribution in [2.24, 2.45) is 5.41 Å². The molecule has 0 saturated carbocycles. The molecule has 2 saturated heterocycles. The number of amides is 1. The molecule has 10 nitrogen and oxygen atoms in total. The van der Waals surface area contributed by atoms with Crippen LogP contribution in [0.3, 0.4) is 0 Å². The topological polar surface area (TPSA) is 142 Å². The van der Waals surface area contributed by atoms with Gasteiger partial charge in [0.2, 0.25) is 0 Å². The Morgan fingerprint density at radius 2 is 1.68 bits per heavy atom. The van der Waals surface area contributed by atoms with Gasteiger partial charge in [-0.25, -0.2) is 14.6 Å². The minimum Gasteiger partial charge on any atom is -0.475 e. The number of nitrogens with one attached hydrogen (secondary N) is 1. The van der Waals surface area contributed by atoms with Gasteiger partial charge in [-0.15, -0.1) is 0 Å². The molecule has 40 heavy (non-hydrogen) atoms. The largest absolute Gasteiger partial charge is 0.490 e. The SMILES string of the molecule is O=C(O)C(F)(F)F.O=C(O)C(F)(F)F.O=C(c1cccnc1)N1CC[C@H]2OCC[C@@]2(CCNc2ccccn2)C1. The summed E-state index contributed by atoms with van der Waals surface area (Å²) >= 11 is 0. The standard InChI is InChI=1S/C20H24N4O2.2C2HF3O2/c25-19(16-4-3-9-21-14-16)24-12-6-17-20(15-24,8-13-26-17)7-11-23-18-5-1-2-10-22-18;2*3-2(4,5)1(6)7/h1-5,9-10,14,17H,6-8,11-13,15H2,(H,22,23);2*(H,6,7)/t17-,20+;;/m1../s1. The molecule has 2 aliphatic rings. The number of nitrogens with zero attached hydrogens (tertiary/aromatic N) is 3. The van der Waals surface area contributed by atoms with Crippen LogP contribution < -0.4 is 5.32 Å². The summed E-state index contributed by atoms with van der Waals surface area (Å²) in [6, 6.07) is 9.50. The molecule has 2 aromatic rings. The number of alkyl halides is 6. The summed E-state index contributed by atoms with van der Waals surface area (Å²) in [5.41, 5.74) is 0.685. The van der Waals surface area contributed by atoms with Crippen molar-refractivity contribution in [2.45, 2.75) is 37.7 Å². The van der Waals surface area contributed by atoms with Crippen molar-refractivity contribution in [1.82, 2.24) is 14.9 Å². The fourth-order valence-electron chi connectivity index (χ4n) is 4.16. The monoisotopic (exact) mass is 580 g/mol. The summed E-state index contributed by atoms with van der Waals surface area (Å²) < 4.78 is 69.5. The number of halogens is 6. The van der Waals surface area contributed by atoms with Gasteiger partial charge in [0.25, 0.3) is 5.91 Å². The maximum atomic E-state index is 12.8. The molecular formula is C24H26F6N4O6. The van der Waals surface area contributed by atoms with Gasteiger partial charge < -0.3 is 25.2 Å². The summed E-state index contributed by atoms with van der Waals surface area (Å²) in [6.45, 7) is 3.10. The van der Waals surface area contributed by atoms with Gasteiger partial charge in [0.15, 0.2) is 0 Å². The zero-order chi connectivity index (χ0) is 30.0. The van der Waals surface area contributed by atoms with Crippen molar-refractivity contribution >= 4 is 23.7 Å². The van der Waals surface area contributed by atoms with Gasteiger partial charge >= 0.3 is 24.3 Å². The number of anilines is 1. The van der Waals surface area contributed by atoms with Crippen molar-refractivity contribution in [1.29, 1.82) is 0 Å². The number of carbonyl (C=O) groups is 3. The second-order valence-corrected chi connectivity index (χ2v) is 8.73. The van der Waals surface area contributed by atoms with E-state index in [0.29, 0.717) is 5.56 Å². The molecule has 0 aliphatic carbocycles. The molecule has 1 amide bonds. The average molecular weight is 580 g/mol. The number of piperidine rings is 1. The lowest BCUT2D eigenvalue weighted by atomic mass is 9.74. The highest BCUT2D eigenvalue weighted by molar-refractivity contribution is 5.94. The Labute approximate surface area is 224 Å². The molecule has 16 heteroatoms. The fourth-order valence-corrected chi connectivity index (χ4v) is 4.16. The van der Waals surface area contributed by atoms with Crippen LogP contribution in [0, 0.1) is 5.41 Å². The first-order valence-electron chi connectivity index (χ1n) is 11.7. The van der Waals surface area contributed by atoms with E-state index in [1.54, 1.807) is 18.6 Å². The minimum atomic E-state index is -5.08. The highest BCUT2D eigenvalue weighted by Crippen LogP contribution is 2.43. The second-order valence-electron chi connectivity index (χ2n) is 8.73. The zero-order valence-corrected chi connectivity index (χ0v) is 20.8. The lowest BCUT2D eigenvalue weighted by Gasteiger charge is -2.44. The quantitative estimate of drug-likeness (QED) is 0.450. The van der Waals surface area contributed by atoms with Gasteiger partial charge in [-0.3, -0.25) is 9.78 Å². The first-order valence-corrected chi connectivity index (χ1v) is 11.7. The maximum Gasteiger partial charge on any atom is 0.490 e. The van der Waals surface area contributed by atoms with Crippen LogP contribution in [0.5, 0.6) is 0 Å². The van der Waals surface area contributed by atoms with E-state index in [-0.39, 0.29) is 17.4 Å². The van der Waals surface area contributed by atoms with Crippen LogP contribution in [0.1, 0.15) is 29.6 Å². The molecule has 3 N–H and O–H groups in total. The van der Waals surface area contributed by atoms with Crippen LogP contribution >= 0.6 is 0 Å². The minimum absolute atomic E-state index is 0.0257. The van der Waals surface area contributed by atoms with Crippen LogP contribution in [0.4, 0.5) is 32.2 Å². The van der Waals surface area contributed by atoms with Gasteiger partial charge in [-0.2, -0.15) is 26.3 Å². The van der Waals surface area contributed by atoms with Crippen LogP contribution in [0.2, 0.25) is 0 Å². The second kappa shape index (κ2) is 13.9. The maximum absolute atomic E-state index is 12.8. The summed E-state index contributed by atoms with van der Waals surface area (Å²) in [5, 5.41) is 17.6. The smallest absolute Gasteiger partial charge is 0.475 e. The third-order valence-corrected chi connectivity index (χ3v) is 6.04. The Kier molecular flexibility index (Phi) is 11.2. The molecule has 0 spiro atoms. The van der Waals surface area contributed by atoms with E-state index in [0.717, 1.165) is 51.3 Å². The lowest BCUT2D eigenvalue weighted by molar-refractivity contribution is -0.193. The van der Waals surface area contributed by atoms with E-state index in [2.05, 4.69) is 15.3 Å². The fraction of sp³-hybridized carbons (Fsp3) is 0.458. The lowest BCUT2D eigenvalue weighted by Crippen LogP contribution is -2.52. The number of aliphatic carboxylic acids is 2. The molecule has 2 fully saturated rings. The molecule has 2 atom stereocenters. The average Bonchev–Trinajstić information content (AvgIpc) is 3.32. The summed E-state index contributed by atoms with van der Waals surface area (Å²) in [4.78, 5) is 41.0. The van der Waals surface area contributed by atoms with Gasteiger partial charge in [0.1, 0.15) is 5.82 Å². The Morgan fingerprint density at radius 3 is 2.20 bits per heavy atom. The summed E-state index contributed by atoms with van der Waals surface area (Å²) in [6.07, 6.45) is -1.94. The van der Waals surface area contributed by atoms with Crippen LogP contribution in [-0.2, 0) is 14.3 Å². The normalized spacial score (nSPS) is 20.1. The van der Waals surface area contributed by atoms with E-state index >= 15 is 0 Å². The number of pyridine rings is 2. The van der Waals surface area contributed by atoms with Crippen LogP contribution in [0.15, 0.2) is 48.9 Å². The predicted octanol–water partition coefficient (Wildman–Crippen LogP) is 3.87. The predicted molar refractivity (Wildman–Crippen MR) is 126 cm³/mol. The molecule has 4 heterocycles. The van der Waals surface area contributed by atoms with Crippen molar-refractivity contribution in [3.05, 3.63) is 54.5 Å². The van der Waals surface area contributed by atoms with Gasteiger partial charge in [0, 0.05) is 50.2 Å². The van der Waals surface area contributed by atoms with Crippen molar-refractivity contribution in [3.63, 3.8) is 0 Å². The number of rotatable bonds is 5. The molecule has 0 aromatic carbocycles. The first kappa shape index (κ1) is 32.3. The number of hydrogen-bond donors (Lipinski definition) is 3. The molecule has 4 rings (SSSR count). The highest BCUT2D eigenvalue weighted by atomic mass is 19.4. The van der Waals surface area contributed by atoms with Crippen molar-refractivity contribution in [2.75, 3.05) is 31.6 Å². The zero-order valence-electron chi connectivity index (χ0n) is 20.8. The number of hydrogen-bond acceptors (Lipinski definition) is 7. The number of aromatic nitrogens is 2. The van der Waals surface area contributed by atoms with Gasteiger partial charge in [0.05, 0.1) is 11.7 Å². The van der Waals surface area contributed by atoms with Crippen LogP contribution in [0.25, 0.3) is 0 Å². The Bertz CT molecular complexity index is 1100. The van der Waals surface area contributed by atoms with Gasteiger partial charge in [-0.1, -0.05) is 6.07 Å². The third kappa shape index (κ3) is 9.66. The molecule has 2 aromatic heterocycles. The van der Waals surface area contributed by atoms with E-state index in [9.17, 15) is 31.1 Å². The molecule has 0 radical (unpaired) electrons. The number of carbonyl (C=O) groups excluding carboxylic acids is 1. The van der Waals surface area contributed by atoms with Crippen molar-refractivity contribution < 1.29 is 55.7 Å². The number of ether oxygens (including phenoxy) is 1. The number of carboxylic acid groups (broad SMARTS) is 2. The molecule has 0 bridgehead atoms. The number of likely N-dealkylation sites (tertiary alicyclic amines) is 1. The Balaban J connectivity index is 0.000000333. The Morgan fingerprint density at radius 1 is 1.02 bits per heavy atom. The Hall–Kier alpha value is -3.95. The van der Waals surface area contributed by atoms with E-state index in [1.807, 2.05) is 35.2 Å². The van der Waals surface area contributed by atoms with Crippen LogP contribution in [-0.4, -0.2) is 87.6 Å². The van der Waals surface area contributed by atoms with E-state index in [1.165, 1.54) is 0 Å². The molecule has 2 aliphatic heterocycles. The molecular weight excluding hydrogens is 554 g/mol. The third-order valence-electron chi connectivity index (χ3n) is 6.04.